The maximum Gasteiger partial charge on any atom is 0.234 e. The minimum Gasteiger partial charge on any atom is -0.354 e. The molecule has 2 atom stereocenters. The molecule has 5 rings (SSSR count). The first-order valence-corrected chi connectivity index (χ1v) is 9.78. The second-order valence-electron chi connectivity index (χ2n) is 9.12. The number of carbonyl (C=O) groups excluding carboxylic acids is 1. The number of carbonyl (C=O) groups is 1. The van der Waals surface area contributed by atoms with Crippen LogP contribution >= 0.6 is 12.4 Å². The van der Waals surface area contributed by atoms with Crippen LogP contribution in [-0.4, -0.2) is 62.0 Å². The molecule has 0 aromatic carbocycles. The number of amides is 1. The molecule has 1 saturated heterocycles. The molecule has 1 aliphatic heterocycles. The Labute approximate surface area is 153 Å². The molecular formula is C19H34ClN3O. The van der Waals surface area contributed by atoms with Crippen molar-refractivity contribution in [2.24, 2.45) is 23.2 Å². The van der Waals surface area contributed by atoms with Crippen LogP contribution in [-0.2, 0) is 4.79 Å². The molecule has 0 aromatic rings. The summed E-state index contributed by atoms with van der Waals surface area (Å²) in [6, 6.07) is 0. The highest BCUT2D eigenvalue weighted by atomic mass is 35.5. The van der Waals surface area contributed by atoms with Gasteiger partial charge < -0.3 is 10.2 Å². The van der Waals surface area contributed by atoms with E-state index in [1.54, 1.807) is 0 Å². The molecule has 1 N–H and O–H groups in total. The molecule has 1 amide bonds. The molecule has 0 aromatic heterocycles. The number of hydrogen-bond acceptors (Lipinski definition) is 3. The van der Waals surface area contributed by atoms with Crippen molar-refractivity contribution in [3.05, 3.63) is 0 Å². The summed E-state index contributed by atoms with van der Waals surface area (Å²) in [6.07, 6.45) is 10.0. The Morgan fingerprint density at radius 3 is 2.21 bits per heavy atom. The highest BCUT2D eigenvalue weighted by Gasteiger charge is 2.48. The number of hydrogen-bond donors (Lipinski definition) is 1. The van der Waals surface area contributed by atoms with E-state index in [1.165, 1.54) is 44.9 Å². The van der Waals surface area contributed by atoms with Gasteiger partial charge in [0.15, 0.2) is 0 Å². The molecule has 4 bridgehead atoms. The van der Waals surface area contributed by atoms with Gasteiger partial charge in [-0.3, -0.25) is 9.69 Å². The van der Waals surface area contributed by atoms with E-state index in [1.807, 2.05) is 0 Å². The molecule has 5 fully saturated rings. The summed E-state index contributed by atoms with van der Waals surface area (Å²) in [5, 5.41) is 3.33. The van der Waals surface area contributed by atoms with Crippen LogP contribution in [0.1, 0.15) is 44.9 Å². The van der Waals surface area contributed by atoms with E-state index in [4.69, 9.17) is 0 Å². The normalized spacial score (nSPS) is 39.3. The predicted molar refractivity (Wildman–Crippen MR) is 99.4 cm³/mol. The molecule has 0 radical (unpaired) electrons. The first-order chi connectivity index (χ1) is 11.1. The van der Waals surface area contributed by atoms with Crippen molar-refractivity contribution in [1.29, 1.82) is 0 Å². The molecule has 24 heavy (non-hydrogen) atoms. The van der Waals surface area contributed by atoms with Crippen molar-refractivity contribution in [3.8, 4) is 0 Å². The van der Waals surface area contributed by atoms with Crippen molar-refractivity contribution >= 4 is 18.3 Å². The topological polar surface area (TPSA) is 35.6 Å². The van der Waals surface area contributed by atoms with Crippen molar-refractivity contribution in [3.63, 3.8) is 0 Å². The van der Waals surface area contributed by atoms with E-state index in [9.17, 15) is 4.79 Å². The summed E-state index contributed by atoms with van der Waals surface area (Å²) in [5.41, 5.74) is 0.449. The SMILES string of the molecule is CN1CCN(CC(=O)NCC23CC4CCC(CC(C4)C2)C3)CC1.Cl. The predicted octanol–water partition coefficient (Wildman–Crippen LogP) is 2.38. The lowest BCUT2D eigenvalue weighted by atomic mass is 9.58. The van der Waals surface area contributed by atoms with Gasteiger partial charge in [-0.05, 0) is 62.3 Å². The smallest absolute Gasteiger partial charge is 0.234 e. The van der Waals surface area contributed by atoms with Crippen molar-refractivity contribution in [2.75, 3.05) is 46.3 Å². The molecule has 2 unspecified atom stereocenters. The lowest BCUT2D eigenvalue weighted by Gasteiger charge is -2.48. The monoisotopic (exact) mass is 355 g/mol. The van der Waals surface area contributed by atoms with Crippen LogP contribution in [0.4, 0.5) is 0 Å². The average Bonchev–Trinajstić information content (AvgIpc) is 2.74. The van der Waals surface area contributed by atoms with Gasteiger partial charge in [0.1, 0.15) is 0 Å². The van der Waals surface area contributed by atoms with E-state index in [2.05, 4.69) is 22.2 Å². The van der Waals surface area contributed by atoms with E-state index in [0.29, 0.717) is 12.0 Å². The Kier molecular flexibility index (Phi) is 5.78. The highest BCUT2D eigenvalue weighted by molar-refractivity contribution is 5.85. The van der Waals surface area contributed by atoms with Gasteiger partial charge in [-0.25, -0.2) is 0 Å². The molecular weight excluding hydrogens is 322 g/mol. The van der Waals surface area contributed by atoms with E-state index >= 15 is 0 Å². The minimum atomic E-state index is 0. The van der Waals surface area contributed by atoms with Crippen molar-refractivity contribution in [1.82, 2.24) is 15.1 Å². The van der Waals surface area contributed by atoms with Gasteiger partial charge in [-0.2, -0.15) is 0 Å². The molecule has 4 nitrogen and oxygen atoms in total. The third kappa shape index (κ3) is 4.08. The Bertz CT molecular complexity index is 434. The molecule has 4 saturated carbocycles. The number of likely N-dealkylation sites (N-methyl/N-ethyl adjacent to an activating group) is 1. The summed E-state index contributed by atoms with van der Waals surface area (Å²) in [4.78, 5) is 17.1. The van der Waals surface area contributed by atoms with Crippen LogP contribution in [0.25, 0.3) is 0 Å². The number of piperazine rings is 1. The maximum atomic E-state index is 12.4. The summed E-state index contributed by atoms with van der Waals surface area (Å²) >= 11 is 0. The molecule has 5 heteroatoms. The maximum absolute atomic E-state index is 12.4. The van der Waals surface area contributed by atoms with Crippen LogP contribution in [0.2, 0.25) is 0 Å². The second-order valence-corrected chi connectivity index (χ2v) is 9.12. The Morgan fingerprint density at radius 2 is 1.58 bits per heavy atom. The summed E-state index contributed by atoms with van der Waals surface area (Å²) in [6.45, 7) is 5.77. The first kappa shape index (κ1) is 18.5. The van der Waals surface area contributed by atoms with Crippen LogP contribution in [0.15, 0.2) is 0 Å². The second kappa shape index (κ2) is 7.51. The zero-order valence-corrected chi connectivity index (χ0v) is 16.0. The number of nitrogens with one attached hydrogen (secondary N) is 1. The number of rotatable bonds is 4. The third-order valence-corrected chi connectivity index (χ3v) is 7.11. The van der Waals surface area contributed by atoms with Gasteiger partial charge in [0.05, 0.1) is 6.54 Å². The van der Waals surface area contributed by atoms with Crippen LogP contribution in [0, 0.1) is 23.2 Å². The average molecular weight is 356 g/mol. The third-order valence-electron chi connectivity index (χ3n) is 7.11. The molecule has 4 aliphatic carbocycles. The summed E-state index contributed by atoms with van der Waals surface area (Å²) in [5.74, 6) is 3.13. The van der Waals surface area contributed by atoms with E-state index in [-0.39, 0.29) is 18.3 Å². The Balaban J connectivity index is 0.00000169. The molecule has 1 heterocycles. The Hall–Kier alpha value is -0.320. The standard InChI is InChI=1S/C19H33N3O.ClH/c1-21-4-6-22(7-5-21)13-18(23)20-14-19-10-15-2-3-16(11-19)9-17(8-15)12-19;/h15-17H,2-14H2,1H3,(H,20,23);1H. The summed E-state index contributed by atoms with van der Waals surface area (Å²) < 4.78 is 0. The fourth-order valence-corrected chi connectivity index (χ4v) is 6.14. The Morgan fingerprint density at radius 1 is 1.00 bits per heavy atom. The van der Waals surface area contributed by atoms with Crippen LogP contribution in [0.5, 0.6) is 0 Å². The molecule has 138 valence electrons. The zero-order chi connectivity index (χ0) is 15.9. The number of halogens is 1. The van der Waals surface area contributed by atoms with E-state index in [0.717, 1.165) is 50.5 Å². The quantitative estimate of drug-likeness (QED) is 0.841. The van der Waals surface area contributed by atoms with Gasteiger partial charge in [0, 0.05) is 32.7 Å². The minimum absolute atomic E-state index is 0. The number of fused-ring (bicyclic) bond motifs is 1. The van der Waals surface area contributed by atoms with Crippen molar-refractivity contribution < 1.29 is 4.79 Å². The lowest BCUT2D eigenvalue weighted by Crippen LogP contribution is -2.50. The number of nitrogens with zero attached hydrogens (tertiary/aromatic N) is 2. The largest absolute Gasteiger partial charge is 0.354 e. The lowest BCUT2D eigenvalue weighted by molar-refractivity contribution is -0.123. The van der Waals surface area contributed by atoms with Gasteiger partial charge in [-0.15, -0.1) is 12.4 Å². The van der Waals surface area contributed by atoms with Gasteiger partial charge in [-0.1, -0.05) is 12.8 Å². The first-order valence-electron chi connectivity index (χ1n) is 9.78. The summed E-state index contributed by atoms with van der Waals surface area (Å²) in [7, 11) is 2.16. The fourth-order valence-electron chi connectivity index (χ4n) is 6.14. The van der Waals surface area contributed by atoms with Crippen LogP contribution in [0.3, 0.4) is 0 Å². The zero-order valence-electron chi connectivity index (χ0n) is 15.1. The van der Waals surface area contributed by atoms with Crippen molar-refractivity contribution in [2.45, 2.75) is 44.9 Å². The van der Waals surface area contributed by atoms with E-state index < -0.39 is 0 Å². The van der Waals surface area contributed by atoms with Gasteiger partial charge in [0.25, 0.3) is 0 Å². The van der Waals surface area contributed by atoms with Gasteiger partial charge in [0.2, 0.25) is 5.91 Å². The van der Waals surface area contributed by atoms with Crippen LogP contribution < -0.4 is 5.32 Å². The molecule has 0 spiro atoms. The van der Waals surface area contributed by atoms with Gasteiger partial charge >= 0.3 is 0 Å². The fraction of sp³-hybridized carbons (Fsp3) is 0.947. The highest BCUT2D eigenvalue weighted by Crippen LogP contribution is 2.57. The molecule has 5 aliphatic rings.